The second-order valence-electron chi connectivity index (χ2n) is 36.8. The first-order valence-electron chi connectivity index (χ1n) is 46.1. The van der Waals surface area contributed by atoms with Gasteiger partial charge in [0.15, 0.2) is 90.8 Å². The van der Waals surface area contributed by atoms with Crippen LogP contribution in [0.1, 0.15) is 109 Å². The van der Waals surface area contributed by atoms with E-state index in [1.165, 1.54) is 97.3 Å². The fourth-order valence-corrected chi connectivity index (χ4v) is 31.3. The number of hydrogen-bond donors (Lipinski definition) is 1. The van der Waals surface area contributed by atoms with E-state index in [2.05, 4.69) is 269 Å². The molecule has 10 aliphatic rings. The maximum Gasteiger partial charge on any atom is 0.344 e. The first-order valence-corrected chi connectivity index (χ1v) is 51.0. The maximum absolute atomic E-state index is 13.2. The molecule has 12 aromatic carbocycles. The molecule has 0 aromatic heterocycles. The Morgan fingerprint density at radius 1 is 0.331 bits per heavy atom. The van der Waals surface area contributed by atoms with Crippen LogP contribution in [0.4, 0.5) is 0 Å². The highest BCUT2D eigenvalue weighted by atomic mass is 32.2. The third-order valence-electron chi connectivity index (χ3n) is 27.2. The van der Waals surface area contributed by atoms with Gasteiger partial charge in [0.05, 0.1) is 67.9 Å². The molecule has 4 heterocycles. The minimum absolute atomic E-state index is 0.00586. The van der Waals surface area contributed by atoms with Gasteiger partial charge >= 0.3 is 35.8 Å². The predicted octanol–water partition coefficient (Wildman–Crippen LogP) is 22.4. The van der Waals surface area contributed by atoms with Crippen LogP contribution in [0, 0.1) is 102 Å². The molecule has 0 amide bonds. The van der Waals surface area contributed by atoms with Gasteiger partial charge in [-0.2, -0.15) is 0 Å². The van der Waals surface area contributed by atoms with Crippen LogP contribution in [0.2, 0.25) is 0 Å². The number of carbonyl (C=O) groups is 6. The molecule has 6 saturated carbocycles. The van der Waals surface area contributed by atoms with E-state index in [-0.39, 0.29) is 135 Å². The molecule has 10 unspecified atom stereocenters. The minimum Gasteiger partial charge on any atom is -0.481 e. The minimum atomic E-state index is -0.971. The van der Waals surface area contributed by atoms with Crippen LogP contribution in [-0.4, -0.2) is 97.4 Å². The van der Waals surface area contributed by atoms with Crippen LogP contribution < -0.4 is 18.9 Å². The smallest absolute Gasteiger partial charge is 0.344 e. The van der Waals surface area contributed by atoms with E-state index in [9.17, 15) is 28.8 Å². The number of carboxylic acid groups (broad SMARTS) is 1. The van der Waals surface area contributed by atoms with Gasteiger partial charge in [0.1, 0.15) is 41.3 Å². The van der Waals surface area contributed by atoms with Gasteiger partial charge in [-0.3, -0.25) is 14.4 Å². The van der Waals surface area contributed by atoms with E-state index in [1.54, 1.807) is 0 Å². The number of ether oxygens (including phenoxy) is 9. The lowest BCUT2D eigenvalue weighted by Crippen LogP contribution is -2.47. The zero-order valence-corrected chi connectivity index (χ0v) is 79.4. The summed E-state index contributed by atoms with van der Waals surface area (Å²) in [5, 5.41) is 8.87. The molecule has 133 heavy (non-hydrogen) atoms. The number of benzene rings is 12. The number of carbonyl (C=O) groups excluding carboxylic acids is 5. The summed E-state index contributed by atoms with van der Waals surface area (Å²) in [5.74, 6) is 3.29. The molecule has 20 heteroatoms. The molecule has 0 radical (unpaired) electrons. The zero-order chi connectivity index (χ0) is 92.1. The summed E-state index contributed by atoms with van der Waals surface area (Å²) in [5.41, 5.74) is 8.07. The molecule has 4 saturated heterocycles. The van der Waals surface area contributed by atoms with Crippen LogP contribution >= 0.6 is 0 Å². The Morgan fingerprint density at radius 3 is 0.947 bits per heavy atom. The molecule has 16 nitrogen and oxygen atoms in total. The van der Waals surface area contributed by atoms with E-state index < -0.39 is 30.1 Å². The number of fused-ring (bicyclic) bond motifs is 2. The van der Waals surface area contributed by atoms with Gasteiger partial charge in [-0.05, 0) is 278 Å². The fraction of sp³-hybridized carbons (Fsp3) is 0.310. The van der Waals surface area contributed by atoms with Crippen molar-refractivity contribution in [2.24, 2.45) is 46.8 Å². The first-order chi connectivity index (χ1) is 64.5. The van der Waals surface area contributed by atoms with E-state index in [0.29, 0.717) is 30.1 Å². The molecule has 10 fully saturated rings. The van der Waals surface area contributed by atoms with Crippen LogP contribution in [0.25, 0.3) is 0 Å². The summed E-state index contributed by atoms with van der Waals surface area (Å²) >= 11 is 0. The first kappa shape index (κ1) is 91.7. The average molecular weight is 1850 g/mol. The summed E-state index contributed by atoms with van der Waals surface area (Å²) in [6, 6.07) is 102. The molecule has 22 rings (SSSR count). The summed E-state index contributed by atoms with van der Waals surface area (Å²) < 4.78 is 51.6. The van der Waals surface area contributed by atoms with Gasteiger partial charge in [-0.25, -0.2) is 14.4 Å². The number of rotatable bonds is 26. The van der Waals surface area contributed by atoms with Gasteiger partial charge in [0.2, 0.25) is 0 Å². The lowest BCUT2D eigenvalue weighted by Gasteiger charge is -2.56. The van der Waals surface area contributed by atoms with E-state index in [0.717, 1.165) is 80.9 Å². The van der Waals surface area contributed by atoms with Gasteiger partial charge in [-0.15, -0.1) is 0 Å². The van der Waals surface area contributed by atoms with Crippen molar-refractivity contribution in [2.45, 2.75) is 215 Å². The fourth-order valence-electron chi connectivity index (χ4n) is 22.2. The molecule has 6 aliphatic carbocycles. The standard InChI is InChI=1S/C32H35O2S.C30H29O5S.C29H27O6S.C22H20O3S/c1-22-13-29(35(27-9-5-3-6-10-27)28-11-7-4-8-12-28)14-23(2)31(22)34-30(33)21-32-18-24-15-25(19-32)17-26(16-24)20-32;1-18-13-23(36(21-9-5-3-6-10-21)22-11-7-4-8-12-22)14-19(2)27(18)33-17-26(31)34-28-20-15-24-25(16-20)30(32)35-29(24)28;1-17-13-21(36(19-9-5-3-6-10-19)20-11-7-4-8-12-20)14-18(2)25(17)32-16-24(30)34-27-23-15-22-26(33-23)28(27)35-29(22)31;1-16-13-20(14-17(2)22(16)25-15-21(23)24)26(18-9-5-3-6-10-18)19-11-7-4-8-12-19/h3-14,24-26H,15-21H2,1-2H3;3-14,20,24-25,28-29H,15-17H2,1-2H3;3-14,22-23,26-28H,15-16H2,1-2H3;3-14H,15H2,1-2H3/q3*+1;/p+1. The molecular formula is C113H112O16S4+4. The Kier molecular flexibility index (Phi) is 28.0. The highest BCUT2D eigenvalue weighted by molar-refractivity contribution is 7.98. The maximum atomic E-state index is 13.2. The molecule has 680 valence electrons. The van der Waals surface area contributed by atoms with Gasteiger partial charge < -0.3 is 47.7 Å². The average Bonchev–Trinajstić information content (AvgIpc) is 1.57. The molecular weight excluding hydrogens is 1740 g/mol. The Bertz CT molecular complexity index is 5700. The Balaban J connectivity index is 0.000000120. The Hall–Kier alpha value is -11.8. The van der Waals surface area contributed by atoms with Crippen molar-refractivity contribution in [3.05, 3.63) is 336 Å². The van der Waals surface area contributed by atoms with Crippen molar-refractivity contribution in [3.63, 3.8) is 0 Å². The SMILES string of the molecule is Cc1cc([S+](c2ccccc2)c2ccccc2)cc(C)c1OC(=O)CC12CC3CC(CC(C3)C1)C2.Cc1cc([S+](c2ccccc2)c2ccccc2)cc(C)c1OCC(=O)O.Cc1cc([S+](c2ccccc2)c2ccccc2)cc(C)c1OCC(=O)OC1C2CC3C(=O)OC1C3C2.Cc1cc([S+](c2ccccc2)c2ccccc2)cc(C)c1OCC(=O)OC1C2CC3C(=O)OC1C3O2. The van der Waals surface area contributed by atoms with Crippen LogP contribution in [0.15, 0.2) is 350 Å². The zero-order valence-electron chi connectivity index (χ0n) is 76.1. The number of carboxylic acids is 1. The Labute approximate surface area is 790 Å². The van der Waals surface area contributed by atoms with E-state index in [4.69, 9.17) is 47.7 Å². The highest BCUT2D eigenvalue weighted by Gasteiger charge is 2.66. The number of aliphatic carboxylic acids is 1. The van der Waals surface area contributed by atoms with E-state index in [1.807, 2.05) is 77.9 Å². The molecule has 12 aromatic rings. The van der Waals surface area contributed by atoms with Crippen molar-refractivity contribution < 1.29 is 76.5 Å². The van der Waals surface area contributed by atoms with E-state index >= 15 is 0 Å². The second kappa shape index (κ2) is 40.6. The quantitative estimate of drug-likeness (QED) is 0.0232. The van der Waals surface area contributed by atoms with Crippen molar-refractivity contribution in [3.8, 4) is 23.0 Å². The van der Waals surface area contributed by atoms with Crippen LogP contribution in [0.5, 0.6) is 23.0 Å². The van der Waals surface area contributed by atoms with Gasteiger partial charge in [0.25, 0.3) is 0 Å². The number of esters is 5. The third kappa shape index (κ3) is 20.4. The normalized spacial score (nSPS) is 23.1. The third-order valence-corrected chi connectivity index (χ3v) is 35.9. The van der Waals surface area contributed by atoms with Crippen molar-refractivity contribution in [1.82, 2.24) is 0 Å². The van der Waals surface area contributed by atoms with Crippen molar-refractivity contribution in [1.29, 1.82) is 0 Å². The highest BCUT2D eigenvalue weighted by Crippen LogP contribution is 2.62. The summed E-state index contributed by atoms with van der Waals surface area (Å²) in [6.45, 7) is 15.4. The molecule has 8 bridgehead atoms. The summed E-state index contributed by atoms with van der Waals surface area (Å²) in [6.07, 6.45) is 8.49. The molecule has 1 N–H and O–H groups in total. The van der Waals surface area contributed by atoms with Crippen LogP contribution in [0.3, 0.4) is 0 Å². The molecule has 10 atom stereocenters. The second-order valence-corrected chi connectivity index (χ2v) is 44.9. The monoisotopic (exact) mass is 1850 g/mol. The lowest BCUT2D eigenvalue weighted by molar-refractivity contribution is -0.163. The molecule has 4 aliphatic heterocycles. The largest absolute Gasteiger partial charge is 0.481 e. The lowest BCUT2D eigenvalue weighted by atomic mass is 9.49. The number of aryl methyl sites for hydroxylation is 8. The topological polar surface area (TPSA) is 206 Å². The van der Waals surface area contributed by atoms with Crippen LogP contribution in [-0.2, 0) is 96.0 Å². The van der Waals surface area contributed by atoms with Crippen molar-refractivity contribution >= 4 is 79.4 Å². The predicted molar refractivity (Wildman–Crippen MR) is 515 cm³/mol. The summed E-state index contributed by atoms with van der Waals surface area (Å²) in [7, 11) is -0.955. The number of hydrogen-bond acceptors (Lipinski definition) is 15. The van der Waals surface area contributed by atoms with Crippen molar-refractivity contribution in [2.75, 3.05) is 19.8 Å². The Morgan fingerprint density at radius 2 is 0.624 bits per heavy atom. The molecule has 0 spiro atoms. The summed E-state index contributed by atoms with van der Waals surface area (Å²) in [4.78, 5) is 88.2. The van der Waals surface area contributed by atoms with Gasteiger partial charge in [0, 0.05) is 60.4 Å². The van der Waals surface area contributed by atoms with Gasteiger partial charge in [-0.1, -0.05) is 146 Å².